The maximum Gasteiger partial charge on any atom is 0.312 e. The van der Waals surface area contributed by atoms with E-state index in [4.69, 9.17) is 25.8 Å². The van der Waals surface area contributed by atoms with Crippen LogP contribution in [0.15, 0.2) is 18.2 Å². The molecule has 0 spiro atoms. The van der Waals surface area contributed by atoms with E-state index in [1.54, 1.807) is 25.3 Å². The van der Waals surface area contributed by atoms with E-state index >= 15 is 0 Å². The molecule has 4 aliphatic rings. The molecule has 5 rings (SSSR count). The highest BCUT2D eigenvalue weighted by atomic mass is 35.5. The molecule has 4 aliphatic carbocycles. The van der Waals surface area contributed by atoms with Gasteiger partial charge in [0, 0.05) is 10.9 Å². The van der Waals surface area contributed by atoms with Crippen LogP contribution in [0, 0.1) is 17.3 Å². The molecule has 0 radical (unpaired) electrons. The molecule has 1 amide bonds. The SMILES string of the molecule is COc1ccc(NC(=O)COC(=O)C23C[C@H]4C[C@@H](CC(Cl)(C4)C2)C3)c(OC)c1. The molecule has 1 aromatic carbocycles. The quantitative estimate of drug-likeness (QED) is 0.574. The van der Waals surface area contributed by atoms with E-state index in [2.05, 4.69) is 5.32 Å². The van der Waals surface area contributed by atoms with Crippen LogP contribution in [0.2, 0.25) is 0 Å². The third-order valence-electron chi connectivity index (χ3n) is 6.44. The fraction of sp³-hybridized carbons (Fsp3) is 0.619. The number of hydrogen-bond acceptors (Lipinski definition) is 5. The minimum absolute atomic E-state index is 0.262. The first-order chi connectivity index (χ1) is 13.3. The van der Waals surface area contributed by atoms with Crippen LogP contribution in [0.3, 0.4) is 0 Å². The number of amides is 1. The van der Waals surface area contributed by atoms with Gasteiger partial charge in [-0.25, -0.2) is 0 Å². The molecule has 0 aliphatic heterocycles. The smallest absolute Gasteiger partial charge is 0.312 e. The number of carbonyl (C=O) groups is 2. The van der Waals surface area contributed by atoms with E-state index in [9.17, 15) is 9.59 Å². The average molecular weight is 408 g/mol. The second-order valence-electron chi connectivity index (χ2n) is 8.58. The summed E-state index contributed by atoms with van der Waals surface area (Å²) in [5, 5.41) is 2.73. The van der Waals surface area contributed by atoms with Crippen LogP contribution in [0.25, 0.3) is 0 Å². The first kappa shape index (κ1) is 19.4. The zero-order valence-electron chi connectivity index (χ0n) is 16.3. The van der Waals surface area contributed by atoms with Crippen LogP contribution in [-0.2, 0) is 14.3 Å². The summed E-state index contributed by atoms with van der Waals surface area (Å²) in [7, 11) is 3.07. The number of methoxy groups -OCH3 is 2. The number of carbonyl (C=O) groups excluding carboxylic acids is 2. The molecule has 0 aromatic heterocycles. The Balaban J connectivity index is 1.37. The van der Waals surface area contributed by atoms with Crippen molar-refractivity contribution in [1.29, 1.82) is 0 Å². The fourth-order valence-corrected chi connectivity index (χ4v) is 6.45. The number of anilines is 1. The van der Waals surface area contributed by atoms with Gasteiger partial charge >= 0.3 is 5.97 Å². The van der Waals surface area contributed by atoms with Gasteiger partial charge in [0.25, 0.3) is 5.91 Å². The lowest BCUT2D eigenvalue weighted by Crippen LogP contribution is -2.56. The summed E-state index contributed by atoms with van der Waals surface area (Å²) < 4.78 is 15.9. The van der Waals surface area contributed by atoms with Gasteiger partial charge in [-0.05, 0) is 62.5 Å². The Hall–Kier alpha value is -1.95. The van der Waals surface area contributed by atoms with Crippen molar-refractivity contribution in [3.05, 3.63) is 18.2 Å². The zero-order chi connectivity index (χ0) is 19.9. The number of rotatable bonds is 6. The van der Waals surface area contributed by atoms with Crippen molar-refractivity contribution in [1.82, 2.24) is 0 Å². The van der Waals surface area contributed by atoms with E-state index in [1.807, 2.05) is 0 Å². The molecule has 6 nitrogen and oxygen atoms in total. The van der Waals surface area contributed by atoms with E-state index < -0.39 is 11.3 Å². The molecule has 152 valence electrons. The van der Waals surface area contributed by atoms with Crippen molar-refractivity contribution in [3.8, 4) is 11.5 Å². The molecule has 28 heavy (non-hydrogen) atoms. The maximum absolute atomic E-state index is 12.9. The number of halogens is 1. The van der Waals surface area contributed by atoms with Crippen molar-refractivity contribution in [2.75, 3.05) is 26.1 Å². The van der Waals surface area contributed by atoms with Crippen LogP contribution in [0.1, 0.15) is 38.5 Å². The number of nitrogens with one attached hydrogen (secondary N) is 1. The topological polar surface area (TPSA) is 73.9 Å². The van der Waals surface area contributed by atoms with Crippen LogP contribution >= 0.6 is 11.6 Å². The molecular formula is C21H26ClNO5. The molecule has 0 heterocycles. The van der Waals surface area contributed by atoms with Crippen molar-refractivity contribution in [2.24, 2.45) is 17.3 Å². The highest BCUT2D eigenvalue weighted by Crippen LogP contribution is 2.64. The summed E-state index contributed by atoms with van der Waals surface area (Å²) in [6, 6.07) is 5.09. The van der Waals surface area contributed by atoms with Gasteiger partial charge < -0.3 is 19.5 Å². The molecule has 0 saturated heterocycles. The first-order valence-electron chi connectivity index (χ1n) is 9.73. The Morgan fingerprint density at radius 3 is 2.46 bits per heavy atom. The monoisotopic (exact) mass is 407 g/mol. The summed E-state index contributed by atoms with van der Waals surface area (Å²) in [4.78, 5) is 25.0. The second-order valence-corrected chi connectivity index (χ2v) is 9.38. The van der Waals surface area contributed by atoms with Gasteiger partial charge in [0.2, 0.25) is 0 Å². The number of hydrogen-bond donors (Lipinski definition) is 1. The normalized spacial score (nSPS) is 32.7. The van der Waals surface area contributed by atoms with Gasteiger partial charge in [-0.2, -0.15) is 0 Å². The van der Waals surface area contributed by atoms with Crippen molar-refractivity contribution in [2.45, 2.75) is 43.4 Å². The Morgan fingerprint density at radius 1 is 1.14 bits per heavy atom. The Labute approximate surface area is 169 Å². The molecule has 7 heteroatoms. The van der Waals surface area contributed by atoms with Crippen molar-refractivity contribution >= 4 is 29.2 Å². The summed E-state index contributed by atoms with van der Waals surface area (Å²) in [5.74, 6) is 1.43. The molecule has 1 N–H and O–H groups in total. The third kappa shape index (κ3) is 3.54. The highest BCUT2D eigenvalue weighted by molar-refractivity contribution is 6.24. The van der Waals surface area contributed by atoms with E-state index in [0.29, 0.717) is 35.4 Å². The van der Waals surface area contributed by atoms with Gasteiger partial charge in [0.05, 0.1) is 25.3 Å². The molecule has 1 aromatic rings. The second kappa shape index (κ2) is 7.14. The number of alkyl halides is 1. The van der Waals surface area contributed by atoms with Crippen LogP contribution in [0.4, 0.5) is 5.69 Å². The van der Waals surface area contributed by atoms with Crippen LogP contribution < -0.4 is 14.8 Å². The largest absolute Gasteiger partial charge is 0.497 e. The Bertz CT molecular complexity index is 781. The predicted octanol–water partition coefficient (Wildman–Crippen LogP) is 3.76. The minimum atomic E-state index is -0.510. The summed E-state index contributed by atoms with van der Waals surface area (Å²) >= 11 is 6.78. The van der Waals surface area contributed by atoms with Crippen LogP contribution in [0.5, 0.6) is 11.5 Å². The summed E-state index contributed by atoms with van der Waals surface area (Å²) in [5.41, 5.74) is -0.0111. The Kier molecular flexibility index (Phi) is 4.94. The first-order valence-corrected chi connectivity index (χ1v) is 10.1. The lowest BCUT2D eigenvalue weighted by Gasteiger charge is -2.58. The maximum atomic E-state index is 12.9. The number of esters is 1. The predicted molar refractivity (Wildman–Crippen MR) is 105 cm³/mol. The van der Waals surface area contributed by atoms with Crippen LogP contribution in [-0.4, -0.2) is 37.6 Å². The van der Waals surface area contributed by atoms with Gasteiger partial charge in [-0.1, -0.05) is 0 Å². The standard InChI is InChI=1S/C21H26ClNO5/c1-26-15-3-4-16(17(6-15)27-2)23-18(24)11-28-19(25)20-7-13-5-14(8-20)10-21(22,9-13)12-20/h3-4,6,13-14H,5,7-12H2,1-2H3,(H,23,24)/t13-,14-,20?,21?/m1/s1. The van der Waals surface area contributed by atoms with Gasteiger partial charge in [-0.3, -0.25) is 9.59 Å². The fourth-order valence-electron chi connectivity index (χ4n) is 5.76. The van der Waals surface area contributed by atoms with E-state index in [1.165, 1.54) is 13.5 Å². The molecule has 2 atom stereocenters. The molecule has 4 bridgehead atoms. The molecular weight excluding hydrogens is 382 g/mol. The zero-order valence-corrected chi connectivity index (χ0v) is 17.0. The Morgan fingerprint density at radius 2 is 1.86 bits per heavy atom. The van der Waals surface area contributed by atoms with Gasteiger partial charge in [0.15, 0.2) is 6.61 Å². The number of ether oxygens (including phenoxy) is 3. The lowest BCUT2D eigenvalue weighted by molar-refractivity contribution is -0.171. The van der Waals surface area contributed by atoms with Gasteiger partial charge in [0.1, 0.15) is 11.5 Å². The third-order valence-corrected chi connectivity index (χ3v) is 6.88. The average Bonchev–Trinajstić information content (AvgIpc) is 2.64. The molecule has 4 saturated carbocycles. The summed E-state index contributed by atoms with van der Waals surface area (Å²) in [6.07, 6.45) is 5.51. The highest BCUT2D eigenvalue weighted by Gasteiger charge is 2.60. The van der Waals surface area contributed by atoms with E-state index in [-0.39, 0.29) is 17.5 Å². The van der Waals surface area contributed by atoms with Gasteiger partial charge in [-0.15, -0.1) is 11.6 Å². The van der Waals surface area contributed by atoms with Crippen molar-refractivity contribution < 1.29 is 23.8 Å². The minimum Gasteiger partial charge on any atom is -0.497 e. The molecule has 0 unspecified atom stereocenters. The summed E-state index contributed by atoms with van der Waals surface area (Å²) in [6.45, 7) is -0.319. The molecule has 4 fully saturated rings. The lowest BCUT2D eigenvalue weighted by atomic mass is 9.49. The number of benzene rings is 1. The van der Waals surface area contributed by atoms with Crippen molar-refractivity contribution in [3.63, 3.8) is 0 Å². The van der Waals surface area contributed by atoms with E-state index in [0.717, 1.165) is 25.7 Å².